The van der Waals surface area contributed by atoms with Gasteiger partial charge in [-0.25, -0.2) is 4.39 Å². The van der Waals surface area contributed by atoms with Gasteiger partial charge in [-0.3, -0.25) is 9.59 Å². The van der Waals surface area contributed by atoms with E-state index in [0.29, 0.717) is 18.4 Å². The summed E-state index contributed by atoms with van der Waals surface area (Å²) in [6.45, 7) is 0. The van der Waals surface area contributed by atoms with Gasteiger partial charge in [-0.1, -0.05) is 25.7 Å². The molecule has 0 heterocycles. The summed E-state index contributed by atoms with van der Waals surface area (Å²) in [5, 5.41) is 12.2. The van der Waals surface area contributed by atoms with Crippen LogP contribution in [0.5, 0.6) is 0 Å². The Labute approximate surface area is 123 Å². The van der Waals surface area contributed by atoms with Gasteiger partial charge in [0.05, 0.1) is 5.92 Å². The van der Waals surface area contributed by atoms with Gasteiger partial charge < -0.3 is 10.4 Å². The molecule has 2 N–H and O–H groups in total. The number of rotatable bonds is 3. The van der Waals surface area contributed by atoms with E-state index in [-0.39, 0.29) is 11.9 Å². The highest BCUT2D eigenvalue weighted by Gasteiger charge is 2.30. The molecule has 1 aromatic rings. The number of carboxylic acids is 1. The van der Waals surface area contributed by atoms with Crippen LogP contribution in [0.4, 0.5) is 4.39 Å². The van der Waals surface area contributed by atoms with E-state index in [1.165, 1.54) is 24.3 Å². The predicted molar refractivity (Wildman–Crippen MR) is 76.5 cm³/mol. The van der Waals surface area contributed by atoms with Crippen molar-refractivity contribution < 1.29 is 19.1 Å². The molecule has 2 atom stereocenters. The van der Waals surface area contributed by atoms with Crippen LogP contribution in [0.3, 0.4) is 0 Å². The number of hydrogen-bond acceptors (Lipinski definition) is 2. The molecular formula is C16H20FNO3. The van der Waals surface area contributed by atoms with Gasteiger partial charge in [-0.15, -0.1) is 0 Å². The van der Waals surface area contributed by atoms with E-state index < -0.39 is 17.7 Å². The molecular weight excluding hydrogens is 273 g/mol. The fraction of sp³-hybridized carbons (Fsp3) is 0.500. The van der Waals surface area contributed by atoms with Gasteiger partial charge in [0.25, 0.3) is 5.91 Å². The number of carboxylic acid groups (broad SMARTS) is 1. The summed E-state index contributed by atoms with van der Waals surface area (Å²) in [6.07, 6.45) is 5.16. The van der Waals surface area contributed by atoms with Crippen LogP contribution in [0, 0.1) is 11.7 Å². The van der Waals surface area contributed by atoms with Crippen molar-refractivity contribution in [2.24, 2.45) is 5.92 Å². The molecule has 0 bridgehead atoms. The van der Waals surface area contributed by atoms with E-state index in [9.17, 15) is 19.1 Å². The highest BCUT2D eigenvalue weighted by Crippen LogP contribution is 2.23. The summed E-state index contributed by atoms with van der Waals surface area (Å²) in [4.78, 5) is 23.6. The van der Waals surface area contributed by atoms with E-state index in [2.05, 4.69) is 5.32 Å². The molecule has 21 heavy (non-hydrogen) atoms. The summed E-state index contributed by atoms with van der Waals surface area (Å²) < 4.78 is 12.9. The predicted octanol–water partition coefficient (Wildman–Crippen LogP) is 2.98. The number of aliphatic carboxylic acids is 1. The minimum atomic E-state index is -0.860. The highest BCUT2D eigenvalue weighted by molar-refractivity contribution is 5.94. The lowest BCUT2D eigenvalue weighted by Crippen LogP contribution is -2.43. The molecule has 0 spiro atoms. The molecule has 1 aliphatic carbocycles. The van der Waals surface area contributed by atoms with Gasteiger partial charge in [0.15, 0.2) is 0 Å². The average molecular weight is 293 g/mol. The molecule has 114 valence electrons. The first-order valence-corrected chi connectivity index (χ1v) is 7.37. The zero-order valence-corrected chi connectivity index (χ0v) is 11.8. The van der Waals surface area contributed by atoms with Crippen LogP contribution in [-0.2, 0) is 4.79 Å². The minimum absolute atomic E-state index is 0.341. The number of halogens is 1. The zero-order valence-electron chi connectivity index (χ0n) is 11.8. The van der Waals surface area contributed by atoms with E-state index >= 15 is 0 Å². The second-order valence-corrected chi connectivity index (χ2v) is 5.52. The van der Waals surface area contributed by atoms with Crippen molar-refractivity contribution >= 4 is 11.9 Å². The Hall–Kier alpha value is -1.91. The smallest absolute Gasteiger partial charge is 0.308 e. The SMILES string of the molecule is O=C(NC1CCCCCCC1C(=O)O)c1ccc(F)cc1. The Balaban J connectivity index is 2.07. The standard InChI is InChI=1S/C16H20FNO3/c17-12-9-7-11(8-10-12)15(19)18-14-6-4-2-1-3-5-13(14)16(20)21/h7-10,13-14H,1-6H2,(H,18,19)(H,20,21). The van der Waals surface area contributed by atoms with E-state index in [1.807, 2.05) is 0 Å². The lowest BCUT2D eigenvalue weighted by molar-refractivity contribution is -0.143. The maximum Gasteiger partial charge on any atom is 0.308 e. The van der Waals surface area contributed by atoms with Gasteiger partial charge >= 0.3 is 5.97 Å². The summed E-state index contributed by atoms with van der Waals surface area (Å²) >= 11 is 0. The van der Waals surface area contributed by atoms with Gasteiger partial charge in [-0.2, -0.15) is 0 Å². The molecule has 2 unspecified atom stereocenters. The molecule has 1 fully saturated rings. The van der Waals surface area contributed by atoms with Crippen molar-refractivity contribution in [2.45, 2.75) is 44.6 Å². The van der Waals surface area contributed by atoms with Gasteiger partial charge in [0.2, 0.25) is 0 Å². The number of nitrogens with one attached hydrogen (secondary N) is 1. The van der Waals surface area contributed by atoms with E-state index in [4.69, 9.17) is 0 Å². The average Bonchev–Trinajstić information content (AvgIpc) is 2.42. The molecule has 0 radical (unpaired) electrons. The Morgan fingerprint density at radius 1 is 1.05 bits per heavy atom. The Morgan fingerprint density at radius 2 is 1.67 bits per heavy atom. The quantitative estimate of drug-likeness (QED) is 0.900. The normalized spacial score (nSPS) is 22.9. The fourth-order valence-electron chi connectivity index (χ4n) is 2.81. The summed E-state index contributed by atoms with van der Waals surface area (Å²) in [5.41, 5.74) is 0.350. The molecule has 1 saturated carbocycles. The molecule has 1 aromatic carbocycles. The third-order valence-corrected chi connectivity index (χ3v) is 4.01. The second-order valence-electron chi connectivity index (χ2n) is 5.52. The number of carbonyl (C=O) groups is 2. The van der Waals surface area contributed by atoms with Crippen LogP contribution in [0.1, 0.15) is 48.9 Å². The number of carbonyl (C=O) groups excluding carboxylic acids is 1. The monoisotopic (exact) mass is 293 g/mol. The molecule has 0 aliphatic heterocycles. The van der Waals surface area contributed by atoms with Crippen LogP contribution >= 0.6 is 0 Å². The van der Waals surface area contributed by atoms with Gasteiger partial charge in [0, 0.05) is 11.6 Å². The van der Waals surface area contributed by atoms with Crippen molar-refractivity contribution in [3.05, 3.63) is 35.6 Å². The molecule has 0 saturated heterocycles. The van der Waals surface area contributed by atoms with Crippen molar-refractivity contribution in [1.29, 1.82) is 0 Å². The van der Waals surface area contributed by atoms with Crippen LogP contribution < -0.4 is 5.32 Å². The first-order valence-electron chi connectivity index (χ1n) is 7.37. The Kier molecular flexibility index (Phi) is 5.31. The second kappa shape index (κ2) is 7.20. The van der Waals surface area contributed by atoms with Crippen LogP contribution in [0.15, 0.2) is 24.3 Å². The molecule has 4 nitrogen and oxygen atoms in total. The third-order valence-electron chi connectivity index (χ3n) is 4.01. The maximum absolute atomic E-state index is 12.9. The summed E-state index contributed by atoms with van der Waals surface area (Å²) in [6, 6.07) is 4.90. The van der Waals surface area contributed by atoms with E-state index in [0.717, 1.165) is 25.7 Å². The zero-order chi connectivity index (χ0) is 15.2. The lowest BCUT2D eigenvalue weighted by Gasteiger charge is -2.27. The van der Waals surface area contributed by atoms with Crippen LogP contribution in [0.2, 0.25) is 0 Å². The number of amides is 1. The maximum atomic E-state index is 12.9. The van der Waals surface area contributed by atoms with Crippen molar-refractivity contribution in [2.75, 3.05) is 0 Å². The van der Waals surface area contributed by atoms with Gasteiger partial charge in [0.1, 0.15) is 5.82 Å². The summed E-state index contributed by atoms with van der Waals surface area (Å²) in [5.74, 6) is -2.15. The topological polar surface area (TPSA) is 66.4 Å². The first-order chi connectivity index (χ1) is 10.1. The largest absolute Gasteiger partial charge is 0.481 e. The van der Waals surface area contributed by atoms with Crippen molar-refractivity contribution in [1.82, 2.24) is 5.32 Å². The lowest BCUT2D eigenvalue weighted by atomic mass is 9.86. The molecule has 5 heteroatoms. The fourth-order valence-corrected chi connectivity index (χ4v) is 2.81. The van der Waals surface area contributed by atoms with E-state index in [1.54, 1.807) is 0 Å². The van der Waals surface area contributed by atoms with Crippen LogP contribution in [0.25, 0.3) is 0 Å². The number of benzene rings is 1. The van der Waals surface area contributed by atoms with Crippen LogP contribution in [-0.4, -0.2) is 23.0 Å². The third kappa shape index (κ3) is 4.28. The van der Waals surface area contributed by atoms with Gasteiger partial charge in [-0.05, 0) is 37.1 Å². The minimum Gasteiger partial charge on any atom is -0.481 e. The summed E-state index contributed by atoms with van der Waals surface area (Å²) in [7, 11) is 0. The Morgan fingerprint density at radius 3 is 2.29 bits per heavy atom. The molecule has 1 amide bonds. The molecule has 1 aliphatic rings. The van der Waals surface area contributed by atoms with Crippen molar-refractivity contribution in [3.63, 3.8) is 0 Å². The molecule has 0 aromatic heterocycles. The molecule has 2 rings (SSSR count). The first kappa shape index (κ1) is 15.5. The van der Waals surface area contributed by atoms with Crippen molar-refractivity contribution in [3.8, 4) is 0 Å². The highest BCUT2D eigenvalue weighted by atomic mass is 19.1. The number of hydrogen-bond donors (Lipinski definition) is 2. The Bertz CT molecular complexity index is 501.